The van der Waals surface area contributed by atoms with E-state index in [0.717, 1.165) is 10.5 Å². The first-order chi connectivity index (χ1) is 3.98. The zero-order valence-corrected chi connectivity index (χ0v) is 8.57. The standard InChI is InChI=1S/C8H20N.ClH/c1-6-7-8(2)9(3,4)5;/h8H,6-7H2,1-5H3;1H/q+1;/p-1. The number of quaternary nitrogens is 1. The van der Waals surface area contributed by atoms with Crippen molar-refractivity contribution in [1.29, 1.82) is 0 Å². The number of halogens is 1. The van der Waals surface area contributed by atoms with Crippen LogP contribution in [-0.4, -0.2) is 31.7 Å². The highest BCUT2D eigenvalue weighted by molar-refractivity contribution is 4.46. The fourth-order valence-corrected chi connectivity index (χ4v) is 0.805. The number of hydrogen-bond acceptors (Lipinski definition) is 0. The molecule has 0 aromatic rings. The maximum absolute atomic E-state index is 2.31. The van der Waals surface area contributed by atoms with Crippen LogP contribution in [0.5, 0.6) is 0 Å². The molecule has 0 rings (SSSR count). The van der Waals surface area contributed by atoms with E-state index in [1.165, 1.54) is 12.8 Å². The van der Waals surface area contributed by atoms with Gasteiger partial charge in [-0.1, -0.05) is 13.3 Å². The minimum Gasteiger partial charge on any atom is -1.00 e. The Hall–Kier alpha value is 0.250. The Balaban J connectivity index is 0. The first-order valence-corrected chi connectivity index (χ1v) is 3.79. The molecule has 0 radical (unpaired) electrons. The minimum absolute atomic E-state index is 0. The van der Waals surface area contributed by atoms with Crippen molar-refractivity contribution >= 4 is 0 Å². The van der Waals surface area contributed by atoms with E-state index in [4.69, 9.17) is 0 Å². The Morgan fingerprint density at radius 3 is 1.70 bits per heavy atom. The van der Waals surface area contributed by atoms with Crippen molar-refractivity contribution in [2.24, 2.45) is 0 Å². The third kappa shape index (κ3) is 5.07. The van der Waals surface area contributed by atoms with Crippen LogP contribution in [0.15, 0.2) is 0 Å². The molecule has 0 aromatic carbocycles. The van der Waals surface area contributed by atoms with E-state index >= 15 is 0 Å². The van der Waals surface area contributed by atoms with Gasteiger partial charge in [-0.2, -0.15) is 0 Å². The molecule has 0 saturated carbocycles. The Kier molecular flexibility index (Phi) is 6.41. The third-order valence-corrected chi connectivity index (χ3v) is 2.03. The molecule has 2 heteroatoms. The molecule has 1 atom stereocenters. The molecule has 0 aliphatic rings. The van der Waals surface area contributed by atoms with Gasteiger partial charge in [0.15, 0.2) is 0 Å². The van der Waals surface area contributed by atoms with E-state index in [1.807, 2.05) is 0 Å². The monoisotopic (exact) mass is 165 g/mol. The first kappa shape index (κ1) is 12.9. The molecule has 0 spiro atoms. The van der Waals surface area contributed by atoms with Crippen LogP contribution in [0.1, 0.15) is 26.7 Å². The smallest absolute Gasteiger partial charge is 0.0855 e. The molecule has 0 amide bonds. The number of hydrogen-bond donors (Lipinski definition) is 0. The summed E-state index contributed by atoms with van der Waals surface area (Å²) in [5.74, 6) is 0. The van der Waals surface area contributed by atoms with Gasteiger partial charge in [0.2, 0.25) is 0 Å². The summed E-state index contributed by atoms with van der Waals surface area (Å²) in [5, 5.41) is 0. The summed E-state index contributed by atoms with van der Waals surface area (Å²) in [4.78, 5) is 0. The van der Waals surface area contributed by atoms with Gasteiger partial charge in [-0.25, -0.2) is 0 Å². The molecule has 0 fully saturated rings. The molecule has 10 heavy (non-hydrogen) atoms. The van der Waals surface area contributed by atoms with E-state index in [9.17, 15) is 0 Å². The summed E-state index contributed by atoms with van der Waals surface area (Å²) in [6, 6.07) is 0.801. The summed E-state index contributed by atoms with van der Waals surface area (Å²) < 4.78 is 1.09. The normalized spacial score (nSPS) is 14.1. The molecule has 0 aliphatic heterocycles. The SMILES string of the molecule is CCCC(C)[N+](C)(C)C.[Cl-]. The minimum atomic E-state index is 0. The van der Waals surface area contributed by atoms with Crippen LogP contribution in [0, 0.1) is 0 Å². The van der Waals surface area contributed by atoms with Crippen molar-refractivity contribution in [3.05, 3.63) is 0 Å². The highest BCUT2D eigenvalue weighted by atomic mass is 35.5. The van der Waals surface area contributed by atoms with Crippen molar-refractivity contribution in [2.45, 2.75) is 32.7 Å². The van der Waals surface area contributed by atoms with E-state index < -0.39 is 0 Å². The number of rotatable bonds is 3. The second kappa shape index (κ2) is 4.97. The quantitative estimate of drug-likeness (QED) is 0.466. The average Bonchev–Trinajstić information content (AvgIpc) is 1.64. The van der Waals surface area contributed by atoms with Crippen LogP contribution in [-0.2, 0) is 0 Å². The lowest BCUT2D eigenvalue weighted by Gasteiger charge is -2.31. The summed E-state index contributed by atoms with van der Waals surface area (Å²) in [5.41, 5.74) is 0. The van der Waals surface area contributed by atoms with E-state index in [2.05, 4.69) is 35.0 Å². The molecular formula is C8H20ClN. The van der Waals surface area contributed by atoms with E-state index in [1.54, 1.807) is 0 Å². The Morgan fingerprint density at radius 2 is 1.60 bits per heavy atom. The van der Waals surface area contributed by atoms with Gasteiger partial charge in [-0.15, -0.1) is 0 Å². The second-order valence-corrected chi connectivity index (χ2v) is 3.75. The topological polar surface area (TPSA) is 0 Å². The average molecular weight is 166 g/mol. The zero-order valence-electron chi connectivity index (χ0n) is 7.82. The molecule has 0 aromatic heterocycles. The Bertz CT molecular complexity index is 75.8. The van der Waals surface area contributed by atoms with Gasteiger partial charge in [0.1, 0.15) is 0 Å². The van der Waals surface area contributed by atoms with Gasteiger partial charge >= 0.3 is 0 Å². The molecular weight excluding hydrogens is 146 g/mol. The van der Waals surface area contributed by atoms with Gasteiger partial charge in [0.25, 0.3) is 0 Å². The van der Waals surface area contributed by atoms with Crippen molar-refractivity contribution < 1.29 is 16.9 Å². The molecule has 0 N–H and O–H groups in total. The highest BCUT2D eigenvalue weighted by Gasteiger charge is 2.15. The van der Waals surface area contributed by atoms with Crippen LogP contribution in [0.25, 0.3) is 0 Å². The van der Waals surface area contributed by atoms with Crippen molar-refractivity contribution in [3.8, 4) is 0 Å². The molecule has 1 unspecified atom stereocenters. The summed E-state index contributed by atoms with van der Waals surface area (Å²) in [7, 11) is 6.75. The van der Waals surface area contributed by atoms with Gasteiger partial charge in [0, 0.05) is 0 Å². The third-order valence-electron chi connectivity index (χ3n) is 2.03. The van der Waals surface area contributed by atoms with Crippen LogP contribution in [0.4, 0.5) is 0 Å². The lowest BCUT2D eigenvalue weighted by molar-refractivity contribution is -0.894. The molecule has 1 nitrogen and oxygen atoms in total. The number of nitrogens with zero attached hydrogens (tertiary/aromatic N) is 1. The van der Waals surface area contributed by atoms with Crippen molar-refractivity contribution in [1.82, 2.24) is 0 Å². The van der Waals surface area contributed by atoms with Crippen LogP contribution in [0.2, 0.25) is 0 Å². The molecule has 0 bridgehead atoms. The van der Waals surface area contributed by atoms with E-state index in [0.29, 0.717) is 0 Å². The lowest BCUT2D eigenvalue weighted by Crippen LogP contribution is -3.00. The van der Waals surface area contributed by atoms with Crippen LogP contribution < -0.4 is 12.4 Å². The Morgan fingerprint density at radius 1 is 1.20 bits per heavy atom. The molecule has 0 aliphatic carbocycles. The van der Waals surface area contributed by atoms with Crippen LogP contribution >= 0.6 is 0 Å². The highest BCUT2D eigenvalue weighted by Crippen LogP contribution is 2.07. The van der Waals surface area contributed by atoms with Gasteiger partial charge < -0.3 is 16.9 Å². The van der Waals surface area contributed by atoms with Crippen LogP contribution in [0.3, 0.4) is 0 Å². The molecule has 64 valence electrons. The van der Waals surface area contributed by atoms with E-state index in [-0.39, 0.29) is 12.4 Å². The largest absolute Gasteiger partial charge is 1.00 e. The fourth-order valence-electron chi connectivity index (χ4n) is 0.805. The predicted octanol–water partition coefficient (Wildman–Crippen LogP) is -1.11. The van der Waals surface area contributed by atoms with Gasteiger partial charge in [0.05, 0.1) is 27.2 Å². The summed E-state index contributed by atoms with van der Waals surface area (Å²) in [6.45, 7) is 4.55. The zero-order chi connectivity index (χ0) is 7.49. The fraction of sp³-hybridized carbons (Fsp3) is 1.00. The van der Waals surface area contributed by atoms with Gasteiger partial charge in [-0.05, 0) is 13.3 Å². The maximum Gasteiger partial charge on any atom is 0.0855 e. The molecule has 0 saturated heterocycles. The van der Waals surface area contributed by atoms with Crippen molar-refractivity contribution in [3.63, 3.8) is 0 Å². The summed E-state index contributed by atoms with van der Waals surface area (Å²) >= 11 is 0. The van der Waals surface area contributed by atoms with Gasteiger partial charge in [-0.3, -0.25) is 0 Å². The second-order valence-electron chi connectivity index (χ2n) is 3.75. The maximum atomic E-state index is 2.31. The first-order valence-electron chi connectivity index (χ1n) is 3.79. The molecule has 0 heterocycles. The predicted molar refractivity (Wildman–Crippen MR) is 42.4 cm³/mol. The van der Waals surface area contributed by atoms with Crippen molar-refractivity contribution in [2.75, 3.05) is 21.1 Å². The Labute approximate surface area is 71.4 Å². The summed E-state index contributed by atoms with van der Waals surface area (Å²) in [6.07, 6.45) is 2.64. The lowest BCUT2D eigenvalue weighted by atomic mass is 10.1.